The zero-order valence-corrected chi connectivity index (χ0v) is 12.9. The highest BCUT2D eigenvalue weighted by Crippen LogP contribution is 2.27. The minimum atomic E-state index is 0.101. The molecule has 0 saturated heterocycles. The topological polar surface area (TPSA) is 34.1 Å². The SMILES string of the molecule is CCOc1ccc(NC(C)c2ccc(Cl)c(Cl)c2)cn1. The van der Waals surface area contributed by atoms with E-state index in [9.17, 15) is 0 Å². The van der Waals surface area contributed by atoms with Gasteiger partial charge in [0.1, 0.15) is 0 Å². The summed E-state index contributed by atoms with van der Waals surface area (Å²) >= 11 is 11.9. The summed E-state index contributed by atoms with van der Waals surface area (Å²) in [4.78, 5) is 4.21. The molecule has 106 valence electrons. The largest absolute Gasteiger partial charge is 0.478 e. The Hall–Kier alpha value is -1.45. The van der Waals surface area contributed by atoms with Crippen LogP contribution in [-0.4, -0.2) is 11.6 Å². The minimum absolute atomic E-state index is 0.101. The molecule has 20 heavy (non-hydrogen) atoms. The van der Waals surface area contributed by atoms with E-state index in [2.05, 4.69) is 17.2 Å². The van der Waals surface area contributed by atoms with Crippen LogP contribution in [0.25, 0.3) is 0 Å². The second-order valence-electron chi connectivity index (χ2n) is 4.36. The van der Waals surface area contributed by atoms with Gasteiger partial charge >= 0.3 is 0 Å². The summed E-state index contributed by atoms with van der Waals surface area (Å²) in [6, 6.07) is 9.49. The van der Waals surface area contributed by atoms with Gasteiger partial charge in [0.05, 0.1) is 28.5 Å². The van der Waals surface area contributed by atoms with Crippen LogP contribution >= 0.6 is 23.2 Å². The van der Waals surface area contributed by atoms with E-state index in [0.29, 0.717) is 22.5 Å². The zero-order valence-electron chi connectivity index (χ0n) is 11.4. The van der Waals surface area contributed by atoms with Gasteiger partial charge in [0, 0.05) is 12.1 Å². The average Bonchev–Trinajstić information content (AvgIpc) is 2.44. The fourth-order valence-electron chi connectivity index (χ4n) is 1.81. The Morgan fingerprint density at radius 2 is 2.00 bits per heavy atom. The van der Waals surface area contributed by atoms with Gasteiger partial charge in [-0.15, -0.1) is 0 Å². The number of nitrogens with zero attached hydrogens (tertiary/aromatic N) is 1. The highest BCUT2D eigenvalue weighted by Gasteiger charge is 2.08. The lowest BCUT2D eigenvalue weighted by molar-refractivity contribution is 0.327. The van der Waals surface area contributed by atoms with Gasteiger partial charge in [-0.05, 0) is 37.6 Å². The molecule has 2 aromatic rings. The molecule has 0 fully saturated rings. The molecule has 1 atom stereocenters. The van der Waals surface area contributed by atoms with E-state index in [0.717, 1.165) is 11.3 Å². The number of ether oxygens (including phenoxy) is 1. The number of nitrogens with one attached hydrogen (secondary N) is 1. The molecule has 0 aliphatic carbocycles. The molecule has 0 amide bonds. The van der Waals surface area contributed by atoms with E-state index >= 15 is 0 Å². The van der Waals surface area contributed by atoms with Crippen LogP contribution in [0.4, 0.5) is 5.69 Å². The molecule has 1 aromatic heterocycles. The van der Waals surface area contributed by atoms with Crippen LogP contribution in [0.1, 0.15) is 25.5 Å². The predicted octanol–water partition coefficient (Wildman–Crippen LogP) is 4.96. The van der Waals surface area contributed by atoms with Crippen LogP contribution < -0.4 is 10.1 Å². The molecule has 0 aliphatic heterocycles. The summed E-state index contributed by atoms with van der Waals surface area (Å²) in [5.41, 5.74) is 1.99. The Balaban J connectivity index is 2.06. The third-order valence-electron chi connectivity index (χ3n) is 2.86. The third-order valence-corrected chi connectivity index (χ3v) is 3.59. The van der Waals surface area contributed by atoms with Crippen molar-refractivity contribution in [1.82, 2.24) is 4.98 Å². The molecule has 5 heteroatoms. The van der Waals surface area contributed by atoms with Gasteiger partial charge in [-0.2, -0.15) is 0 Å². The maximum atomic E-state index is 6.03. The monoisotopic (exact) mass is 310 g/mol. The normalized spacial score (nSPS) is 12.0. The molecule has 1 aromatic carbocycles. The van der Waals surface area contributed by atoms with Crippen molar-refractivity contribution in [2.45, 2.75) is 19.9 Å². The molecule has 0 radical (unpaired) electrons. The molecular weight excluding hydrogens is 295 g/mol. The molecule has 0 bridgehead atoms. The van der Waals surface area contributed by atoms with E-state index in [1.54, 1.807) is 12.3 Å². The van der Waals surface area contributed by atoms with Crippen molar-refractivity contribution in [2.24, 2.45) is 0 Å². The van der Waals surface area contributed by atoms with Gasteiger partial charge in [-0.25, -0.2) is 4.98 Å². The summed E-state index contributed by atoms with van der Waals surface area (Å²) in [5, 5.41) is 4.47. The van der Waals surface area contributed by atoms with Gasteiger partial charge in [0.2, 0.25) is 5.88 Å². The van der Waals surface area contributed by atoms with Crippen LogP contribution in [0.3, 0.4) is 0 Å². The third kappa shape index (κ3) is 3.78. The minimum Gasteiger partial charge on any atom is -0.478 e. The maximum Gasteiger partial charge on any atom is 0.213 e. The number of aromatic nitrogens is 1. The van der Waals surface area contributed by atoms with Gasteiger partial charge < -0.3 is 10.1 Å². The van der Waals surface area contributed by atoms with E-state index in [1.165, 1.54) is 0 Å². The van der Waals surface area contributed by atoms with Crippen LogP contribution in [0.15, 0.2) is 36.5 Å². The second-order valence-corrected chi connectivity index (χ2v) is 5.17. The van der Waals surface area contributed by atoms with Gasteiger partial charge in [-0.3, -0.25) is 0 Å². The number of pyridine rings is 1. The Bertz CT molecular complexity index is 573. The predicted molar refractivity (Wildman–Crippen MR) is 83.9 cm³/mol. The number of hydrogen-bond acceptors (Lipinski definition) is 3. The summed E-state index contributed by atoms with van der Waals surface area (Å²) < 4.78 is 5.31. The van der Waals surface area contributed by atoms with Crippen LogP contribution in [0.5, 0.6) is 5.88 Å². The van der Waals surface area contributed by atoms with Crippen molar-refractivity contribution in [3.8, 4) is 5.88 Å². The fraction of sp³-hybridized carbons (Fsp3) is 0.267. The first-order valence-corrected chi connectivity index (χ1v) is 7.16. The lowest BCUT2D eigenvalue weighted by atomic mass is 10.1. The fourth-order valence-corrected chi connectivity index (χ4v) is 2.12. The van der Waals surface area contributed by atoms with Gasteiger partial charge in [0.25, 0.3) is 0 Å². The van der Waals surface area contributed by atoms with Crippen molar-refractivity contribution >= 4 is 28.9 Å². The molecular formula is C15H16Cl2N2O. The first-order chi connectivity index (χ1) is 9.60. The van der Waals surface area contributed by atoms with E-state index in [4.69, 9.17) is 27.9 Å². The molecule has 1 unspecified atom stereocenters. The summed E-state index contributed by atoms with van der Waals surface area (Å²) in [6.45, 7) is 4.59. The van der Waals surface area contributed by atoms with Crippen LogP contribution in [0, 0.1) is 0 Å². The quantitative estimate of drug-likeness (QED) is 0.847. The number of halogens is 2. The lowest BCUT2D eigenvalue weighted by Gasteiger charge is -2.16. The van der Waals surface area contributed by atoms with E-state index in [1.807, 2.05) is 31.2 Å². The van der Waals surface area contributed by atoms with Crippen LogP contribution in [-0.2, 0) is 0 Å². The molecule has 0 spiro atoms. The van der Waals surface area contributed by atoms with Gasteiger partial charge in [0.15, 0.2) is 0 Å². The smallest absolute Gasteiger partial charge is 0.213 e. The van der Waals surface area contributed by atoms with Gasteiger partial charge in [-0.1, -0.05) is 29.3 Å². The molecule has 2 rings (SSSR count). The Labute approximate surface area is 128 Å². The van der Waals surface area contributed by atoms with Crippen molar-refractivity contribution in [1.29, 1.82) is 0 Å². The van der Waals surface area contributed by atoms with Crippen molar-refractivity contribution in [3.05, 3.63) is 52.1 Å². The van der Waals surface area contributed by atoms with Crippen molar-refractivity contribution in [3.63, 3.8) is 0 Å². The van der Waals surface area contributed by atoms with Crippen LogP contribution in [0.2, 0.25) is 10.0 Å². The molecule has 0 saturated carbocycles. The molecule has 1 heterocycles. The van der Waals surface area contributed by atoms with E-state index in [-0.39, 0.29) is 6.04 Å². The zero-order chi connectivity index (χ0) is 14.5. The second kappa shape index (κ2) is 6.82. The average molecular weight is 311 g/mol. The highest BCUT2D eigenvalue weighted by molar-refractivity contribution is 6.42. The first-order valence-electron chi connectivity index (χ1n) is 6.40. The molecule has 1 N–H and O–H groups in total. The number of benzene rings is 1. The van der Waals surface area contributed by atoms with E-state index < -0.39 is 0 Å². The number of anilines is 1. The lowest BCUT2D eigenvalue weighted by Crippen LogP contribution is -2.07. The molecule has 0 aliphatic rings. The van der Waals surface area contributed by atoms with Crippen molar-refractivity contribution < 1.29 is 4.74 Å². The Morgan fingerprint density at radius 3 is 2.60 bits per heavy atom. The Kier molecular flexibility index (Phi) is 5.10. The number of rotatable bonds is 5. The number of hydrogen-bond donors (Lipinski definition) is 1. The summed E-state index contributed by atoms with van der Waals surface area (Å²) in [5.74, 6) is 0.625. The Morgan fingerprint density at radius 1 is 1.20 bits per heavy atom. The maximum absolute atomic E-state index is 6.03. The van der Waals surface area contributed by atoms with Crippen molar-refractivity contribution in [2.75, 3.05) is 11.9 Å². The highest BCUT2D eigenvalue weighted by atomic mass is 35.5. The summed E-state index contributed by atoms with van der Waals surface area (Å²) in [7, 11) is 0. The molecule has 3 nitrogen and oxygen atoms in total. The summed E-state index contributed by atoms with van der Waals surface area (Å²) in [6.07, 6.45) is 1.75. The first kappa shape index (κ1) is 14.9. The standard InChI is InChI=1S/C15H16Cl2N2O/c1-3-20-15-7-5-12(9-18-15)19-10(2)11-4-6-13(16)14(17)8-11/h4-10,19H,3H2,1-2H3.